The number of halogens is 2. The molecule has 4 heteroatoms. The van der Waals surface area contributed by atoms with Crippen LogP contribution in [0.5, 0.6) is 0 Å². The third-order valence-corrected chi connectivity index (χ3v) is 3.13. The first kappa shape index (κ1) is 14.6. The number of hydrogen-bond donors (Lipinski definition) is 1. The lowest BCUT2D eigenvalue weighted by atomic mass is 10.1. The summed E-state index contributed by atoms with van der Waals surface area (Å²) in [7, 11) is 0. The van der Waals surface area contributed by atoms with Crippen LogP contribution >= 0.6 is 15.9 Å². The molecule has 17 heavy (non-hydrogen) atoms. The molecule has 1 aromatic carbocycles. The van der Waals surface area contributed by atoms with Crippen LogP contribution in [0.1, 0.15) is 26.3 Å². The summed E-state index contributed by atoms with van der Waals surface area (Å²) in [5.74, 6) is -0.258. The minimum absolute atomic E-state index is 0.132. The predicted octanol–water partition coefficient (Wildman–Crippen LogP) is 3.27. The van der Waals surface area contributed by atoms with Gasteiger partial charge in [-0.15, -0.1) is 0 Å². The summed E-state index contributed by atoms with van der Waals surface area (Å²) in [5.41, 5.74) is 6.64. The van der Waals surface area contributed by atoms with Crippen LogP contribution in [0, 0.1) is 5.82 Å². The van der Waals surface area contributed by atoms with Crippen LogP contribution in [-0.4, -0.2) is 18.2 Å². The Bertz CT molecular complexity index is 376. The van der Waals surface area contributed by atoms with Gasteiger partial charge in [-0.05, 0) is 54.8 Å². The Labute approximate surface area is 110 Å². The van der Waals surface area contributed by atoms with Crippen molar-refractivity contribution in [3.63, 3.8) is 0 Å². The Morgan fingerprint density at radius 3 is 2.65 bits per heavy atom. The minimum atomic E-state index is -0.258. The lowest BCUT2D eigenvalue weighted by Crippen LogP contribution is -2.33. The molecule has 1 rings (SSSR count). The van der Waals surface area contributed by atoms with E-state index in [1.165, 1.54) is 6.07 Å². The summed E-state index contributed by atoms with van der Waals surface area (Å²) in [4.78, 5) is 0. The zero-order chi connectivity index (χ0) is 13.1. The SMILES string of the molecule is CC(C)(C)OCC(N)Cc1cccc(F)c1Br. The van der Waals surface area contributed by atoms with Gasteiger partial charge < -0.3 is 10.5 Å². The van der Waals surface area contributed by atoms with E-state index < -0.39 is 0 Å². The van der Waals surface area contributed by atoms with Crippen molar-refractivity contribution in [1.82, 2.24) is 0 Å². The second-order valence-electron chi connectivity index (χ2n) is 5.10. The second kappa shape index (κ2) is 5.94. The minimum Gasteiger partial charge on any atom is -0.374 e. The van der Waals surface area contributed by atoms with Crippen molar-refractivity contribution in [3.8, 4) is 0 Å². The van der Waals surface area contributed by atoms with E-state index in [9.17, 15) is 4.39 Å². The van der Waals surface area contributed by atoms with Crippen molar-refractivity contribution in [1.29, 1.82) is 0 Å². The van der Waals surface area contributed by atoms with Crippen LogP contribution in [0.4, 0.5) is 4.39 Å². The summed E-state index contributed by atoms with van der Waals surface area (Å²) in [6, 6.07) is 4.84. The Morgan fingerprint density at radius 2 is 2.06 bits per heavy atom. The molecule has 0 saturated carbocycles. The molecule has 2 nitrogen and oxygen atoms in total. The van der Waals surface area contributed by atoms with E-state index in [4.69, 9.17) is 10.5 Å². The molecule has 0 aromatic heterocycles. The van der Waals surface area contributed by atoms with Crippen molar-refractivity contribution in [2.45, 2.75) is 38.8 Å². The number of benzene rings is 1. The van der Waals surface area contributed by atoms with E-state index >= 15 is 0 Å². The predicted molar refractivity (Wildman–Crippen MR) is 71.5 cm³/mol. The van der Waals surface area contributed by atoms with E-state index in [1.807, 2.05) is 26.8 Å². The van der Waals surface area contributed by atoms with Gasteiger partial charge in [0, 0.05) is 6.04 Å². The summed E-state index contributed by atoms with van der Waals surface area (Å²) in [6.07, 6.45) is 0.592. The molecular weight excluding hydrogens is 285 g/mol. The largest absolute Gasteiger partial charge is 0.374 e. The Balaban J connectivity index is 2.56. The summed E-state index contributed by atoms with van der Waals surface area (Å²) < 4.78 is 19.4. The van der Waals surface area contributed by atoms with Gasteiger partial charge in [0.05, 0.1) is 16.7 Å². The highest BCUT2D eigenvalue weighted by molar-refractivity contribution is 9.10. The number of nitrogens with two attached hydrogens (primary N) is 1. The first-order chi connectivity index (χ1) is 7.79. The molecule has 0 radical (unpaired) electrons. The maximum Gasteiger partial charge on any atom is 0.137 e. The van der Waals surface area contributed by atoms with Gasteiger partial charge in [-0.3, -0.25) is 0 Å². The maximum atomic E-state index is 13.3. The number of hydrogen-bond acceptors (Lipinski definition) is 2. The molecule has 1 aromatic rings. The molecule has 0 aliphatic rings. The fraction of sp³-hybridized carbons (Fsp3) is 0.538. The molecule has 0 heterocycles. The molecular formula is C13H19BrFNO. The van der Waals surface area contributed by atoms with Gasteiger partial charge >= 0.3 is 0 Å². The molecule has 1 atom stereocenters. The average molecular weight is 304 g/mol. The smallest absolute Gasteiger partial charge is 0.137 e. The number of rotatable bonds is 4. The molecule has 96 valence electrons. The van der Waals surface area contributed by atoms with Gasteiger partial charge in [0.15, 0.2) is 0 Å². The van der Waals surface area contributed by atoms with Gasteiger partial charge in [0.2, 0.25) is 0 Å². The average Bonchev–Trinajstić information content (AvgIpc) is 2.21. The Hall–Kier alpha value is -0.450. The van der Waals surface area contributed by atoms with E-state index in [0.29, 0.717) is 17.5 Å². The third-order valence-electron chi connectivity index (χ3n) is 2.24. The van der Waals surface area contributed by atoms with Crippen molar-refractivity contribution in [2.75, 3.05) is 6.61 Å². The summed E-state index contributed by atoms with van der Waals surface area (Å²) >= 11 is 3.23. The highest BCUT2D eigenvalue weighted by Gasteiger charge is 2.14. The summed E-state index contributed by atoms with van der Waals surface area (Å²) in [6.45, 7) is 6.42. The van der Waals surface area contributed by atoms with Gasteiger partial charge in [-0.1, -0.05) is 12.1 Å². The molecule has 0 fully saturated rings. The highest BCUT2D eigenvalue weighted by Crippen LogP contribution is 2.21. The fourth-order valence-corrected chi connectivity index (χ4v) is 1.83. The molecule has 2 N–H and O–H groups in total. The van der Waals surface area contributed by atoms with Crippen molar-refractivity contribution >= 4 is 15.9 Å². The first-order valence-corrected chi connectivity index (χ1v) is 6.41. The van der Waals surface area contributed by atoms with E-state index in [0.717, 1.165) is 5.56 Å². The van der Waals surface area contributed by atoms with E-state index in [1.54, 1.807) is 6.07 Å². The summed E-state index contributed by atoms with van der Waals surface area (Å²) in [5, 5.41) is 0. The van der Waals surface area contributed by atoms with Gasteiger partial charge in [0.25, 0.3) is 0 Å². The molecule has 0 spiro atoms. The maximum absolute atomic E-state index is 13.3. The quantitative estimate of drug-likeness (QED) is 0.926. The zero-order valence-electron chi connectivity index (χ0n) is 10.5. The molecule has 0 aliphatic carbocycles. The zero-order valence-corrected chi connectivity index (χ0v) is 12.1. The Morgan fingerprint density at radius 1 is 1.41 bits per heavy atom. The lowest BCUT2D eigenvalue weighted by molar-refractivity contribution is -0.00985. The van der Waals surface area contributed by atoms with E-state index in [2.05, 4.69) is 15.9 Å². The molecule has 0 amide bonds. The third kappa shape index (κ3) is 5.15. The van der Waals surface area contributed by atoms with Gasteiger partial charge in [0.1, 0.15) is 5.82 Å². The fourth-order valence-electron chi connectivity index (χ4n) is 1.40. The van der Waals surface area contributed by atoms with Crippen molar-refractivity contribution < 1.29 is 9.13 Å². The monoisotopic (exact) mass is 303 g/mol. The van der Waals surface area contributed by atoms with Crippen LogP contribution in [0.2, 0.25) is 0 Å². The molecule has 0 bridgehead atoms. The van der Waals surface area contributed by atoms with Crippen molar-refractivity contribution in [3.05, 3.63) is 34.1 Å². The number of ether oxygens (including phenoxy) is 1. The topological polar surface area (TPSA) is 35.2 Å². The first-order valence-electron chi connectivity index (χ1n) is 5.62. The van der Waals surface area contributed by atoms with Gasteiger partial charge in [-0.25, -0.2) is 4.39 Å². The highest BCUT2D eigenvalue weighted by atomic mass is 79.9. The van der Waals surface area contributed by atoms with E-state index in [-0.39, 0.29) is 17.5 Å². The van der Waals surface area contributed by atoms with Crippen LogP contribution in [-0.2, 0) is 11.2 Å². The lowest BCUT2D eigenvalue weighted by Gasteiger charge is -2.22. The standard InChI is InChI=1S/C13H19BrFNO/c1-13(2,3)17-8-10(16)7-9-5-4-6-11(15)12(9)14/h4-6,10H,7-8,16H2,1-3H3. The van der Waals surface area contributed by atoms with Crippen LogP contribution in [0.15, 0.2) is 22.7 Å². The van der Waals surface area contributed by atoms with Gasteiger partial charge in [-0.2, -0.15) is 0 Å². The Kier molecular flexibility index (Phi) is 5.10. The molecule has 0 saturated heterocycles. The van der Waals surface area contributed by atoms with Crippen LogP contribution in [0.3, 0.4) is 0 Å². The molecule has 1 unspecified atom stereocenters. The van der Waals surface area contributed by atoms with Crippen LogP contribution < -0.4 is 5.73 Å². The molecule has 0 aliphatic heterocycles. The normalized spacial score (nSPS) is 13.8. The van der Waals surface area contributed by atoms with Crippen LogP contribution in [0.25, 0.3) is 0 Å². The second-order valence-corrected chi connectivity index (χ2v) is 5.89. The van der Waals surface area contributed by atoms with Crippen molar-refractivity contribution in [2.24, 2.45) is 5.73 Å².